The second-order valence-corrected chi connectivity index (χ2v) is 25.2. The summed E-state index contributed by atoms with van der Waals surface area (Å²) in [6, 6.07) is 47.9. The van der Waals surface area contributed by atoms with E-state index in [1.54, 1.807) is 0 Å². The van der Waals surface area contributed by atoms with Gasteiger partial charge in [-0.25, -0.2) is 0 Å². The third-order valence-electron chi connectivity index (χ3n) is 15.2. The first-order chi connectivity index (χ1) is 30.3. The Morgan fingerprint density at radius 1 is 0.431 bits per heavy atom. The molecular formula is C61H70BN3. The molecule has 0 N–H and O–H groups in total. The van der Waals surface area contributed by atoms with Gasteiger partial charge in [-0.15, -0.1) is 0 Å². The van der Waals surface area contributed by atoms with Crippen molar-refractivity contribution in [2.45, 2.75) is 150 Å². The molecule has 0 unspecified atom stereocenters. The van der Waals surface area contributed by atoms with Crippen LogP contribution in [-0.4, -0.2) is 11.3 Å². The van der Waals surface area contributed by atoms with Gasteiger partial charge in [0.15, 0.2) is 0 Å². The van der Waals surface area contributed by atoms with Gasteiger partial charge < -0.3 is 4.90 Å². The normalized spacial score (nSPS) is 16.4. The molecule has 2 aliphatic heterocycles. The average Bonchev–Trinajstić information content (AvgIpc) is 3.65. The number of anilines is 6. The summed E-state index contributed by atoms with van der Waals surface area (Å²) < 4.78 is 2.59. The summed E-state index contributed by atoms with van der Waals surface area (Å²) in [7, 11) is 0. The molecule has 1 aliphatic carbocycles. The molecule has 332 valence electrons. The Bertz CT molecular complexity index is 3040. The fraction of sp³-hybridized carbons (Fsp3) is 0.377. The minimum atomic E-state index is -0.122. The summed E-state index contributed by atoms with van der Waals surface area (Å²) in [5.74, 6) is 1.23. The summed E-state index contributed by atoms with van der Waals surface area (Å²) in [6.45, 7) is 37.9. The van der Waals surface area contributed by atoms with E-state index in [-0.39, 0.29) is 39.2 Å². The fourth-order valence-corrected chi connectivity index (χ4v) is 11.8. The van der Waals surface area contributed by atoms with Crippen LogP contribution >= 0.6 is 0 Å². The van der Waals surface area contributed by atoms with Crippen LogP contribution in [0.25, 0.3) is 16.6 Å². The van der Waals surface area contributed by atoms with E-state index in [1.807, 2.05) is 0 Å². The predicted octanol–water partition coefficient (Wildman–Crippen LogP) is 14.9. The van der Waals surface area contributed by atoms with Crippen LogP contribution in [0.15, 0.2) is 121 Å². The van der Waals surface area contributed by atoms with E-state index in [0.717, 1.165) is 6.42 Å². The van der Waals surface area contributed by atoms with Crippen molar-refractivity contribution in [2.75, 3.05) is 9.80 Å². The molecule has 4 heteroatoms. The highest BCUT2D eigenvalue weighted by Gasteiger charge is 2.49. The maximum Gasteiger partial charge on any atom is 0.255 e. The van der Waals surface area contributed by atoms with E-state index in [0.29, 0.717) is 0 Å². The van der Waals surface area contributed by atoms with E-state index in [9.17, 15) is 0 Å². The molecule has 0 radical (unpaired) electrons. The Morgan fingerprint density at radius 3 is 1.58 bits per heavy atom. The summed E-state index contributed by atoms with van der Waals surface area (Å²) in [5.41, 5.74) is 21.0. The quantitative estimate of drug-likeness (QED) is 0.164. The molecule has 0 amide bonds. The van der Waals surface area contributed by atoms with Crippen LogP contribution in [0.5, 0.6) is 0 Å². The molecular weight excluding hydrogens is 786 g/mol. The van der Waals surface area contributed by atoms with E-state index >= 15 is 0 Å². The summed E-state index contributed by atoms with van der Waals surface area (Å²) in [6.07, 6.45) is 1.12. The number of hydrogen-bond acceptors (Lipinski definition) is 2. The van der Waals surface area contributed by atoms with E-state index in [2.05, 4.69) is 246 Å². The molecule has 0 fully saturated rings. The summed E-state index contributed by atoms with van der Waals surface area (Å²) in [5, 5.41) is 1.32. The van der Waals surface area contributed by atoms with Gasteiger partial charge in [0, 0.05) is 34.1 Å². The molecule has 10 rings (SSSR count). The minimum absolute atomic E-state index is 0.0323. The number of nitrogens with zero attached hydrogens (tertiary/aromatic N) is 3. The summed E-state index contributed by atoms with van der Waals surface area (Å²) in [4.78, 5) is 5.29. The van der Waals surface area contributed by atoms with Crippen molar-refractivity contribution in [2.24, 2.45) is 0 Å². The summed E-state index contributed by atoms with van der Waals surface area (Å²) >= 11 is 0. The molecule has 3 heterocycles. The van der Waals surface area contributed by atoms with Crippen LogP contribution in [0.3, 0.4) is 0 Å². The highest BCUT2D eigenvalue weighted by atomic mass is 15.3. The van der Waals surface area contributed by atoms with Crippen molar-refractivity contribution in [1.29, 1.82) is 0 Å². The molecule has 1 aromatic heterocycles. The molecule has 0 spiro atoms. The molecule has 0 bridgehead atoms. The Hall–Kier alpha value is -5.48. The second kappa shape index (κ2) is 14.0. The maximum atomic E-state index is 2.69. The van der Waals surface area contributed by atoms with Crippen LogP contribution in [0.4, 0.5) is 34.3 Å². The van der Waals surface area contributed by atoms with Crippen molar-refractivity contribution in [1.82, 2.24) is 4.57 Å². The van der Waals surface area contributed by atoms with Crippen molar-refractivity contribution >= 4 is 68.3 Å². The molecule has 0 atom stereocenters. The molecule has 6 aromatic carbocycles. The highest BCUT2D eigenvalue weighted by Crippen LogP contribution is 2.53. The van der Waals surface area contributed by atoms with Crippen LogP contribution < -0.4 is 26.2 Å². The largest absolute Gasteiger partial charge is 0.311 e. The zero-order chi connectivity index (χ0) is 46.6. The fourth-order valence-electron chi connectivity index (χ4n) is 11.8. The van der Waals surface area contributed by atoms with Crippen LogP contribution in [-0.2, 0) is 32.5 Å². The molecule has 7 aromatic rings. The number of para-hydroxylation sites is 1. The zero-order valence-corrected chi connectivity index (χ0v) is 42.2. The number of hydrogen-bond donors (Lipinski definition) is 0. The number of rotatable bonds is 3. The first-order valence-corrected chi connectivity index (χ1v) is 24.2. The molecule has 65 heavy (non-hydrogen) atoms. The molecule has 0 saturated heterocycles. The first-order valence-electron chi connectivity index (χ1n) is 24.2. The van der Waals surface area contributed by atoms with Gasteiger partial charge >= 0.3 is 0 Å². The number of fused-ring (bicyclic) bond motifs is 7. The molecule has 0 saturated carbocycles. The Morgan fingerprint density at radius 2 is 0.969 bits per heavy atom. The molecule has 3 nitrogen and oxygen atoms in total. The van der Waals surface area contributed by atoms with Crippen molar-refractivity contribution in [3.05, 3.63) is 155 Å². The minimum Gasteiger partial charge on any atom is -0.311 e. The van der Waals surface area contributed by atoms with Crippen molar-refractivity contribution < 1.29 is 0 Å². The lowest BCUT2D eigenvalue weighted by Crippen LogP contribution is -2.61. The lowest BCUT2D eigenvalue weighted by Gasteiger charge is -2.45. The Kier molecular flexibility index (Phi) is 9.37. The lowest BCUT2D eigenvalue weighted by molar-refractivity contribution is 0.403. The number of aromatic nitrogens is 1. The first kappa shape index (κ1) is 43.4. The third kappa shape index (κ3) is 6.82. The van der Waals surface area contributed by atoms with Gasteiger partial charge in [0.1, 0.15) is 5.82 Å². The second-order valence-electron chi connectivity index (χ2n) is 25.2. The monoisotopic (exact) mass is 856 g/mol. The Balaban J connectivity index is 1.41. The Labute approximate surface area is 391 Å². The van der Waals surface area contributed by atoms with Crippen molar-refractivity contribution in [3.8, 4) is 5.69 Å². The number of benzene rings is 6. The maximum absolute atomic E-state index is 2.69. The van der Waals surface area contributed by atoms with E-state index < -0.39 is 0 Å². The predicted molar refractivity (Wildman–Crippen MR) is 283 cm³/mol. The van der Waals surface area contributed by atoms with E-state index in [1.165, 1.54) is 101 Å². The standard InChI is InChI=1S/C61H70BN3/c1-56(2,3)38-22-26-43(27-23-38)63-50-31-25-40(58(7,8)9)33-48(50)62-53-45-32-39(57(4,5)6)24-30-49(45)64(42-20-18-17-19-21-42)55(53)65(52-35-41(59(10,11)12)34-51(63)54(52)62)44-28-29-46-47(36-44)61(15,16)37-60(46,13)14/h17-36H,37H2,1-16H3. The van der Waals surface area contributed by atoms with Crippen LogP contribution in [0.2, 0.25) is 0 Å². The van der Waals surface area contributed by atoms with Gasteiger partial charge in [-0.05, 0) is 161 Å². The van der Waals surface area contributed by atoms with Gasteiger partial charge in [-0.2, -0.15) is 0 Å². The van der Waals surface area contributed by atoms with Crippen LogP contribution in [0, 0.1) is 0 Å². The SMILES string of the molecule is CC(C)(C)c1ccc(N2c3ccc(C(C)(C)C)cc3B3c4c2cc(C(C)(C)C)cc4N(c2ccc4c(c2)C(C)(C)CC4(C)C)c2c3c3cc(C(C)(C)C)ccc3n2-c2ccccc2)cc1. The topological polar surface area (TPSA) is 11.4 Å². The lowest BCUT2D eigenvalue weighted by atomic mass is 9.33. The highest BCUT2D eigenvalue weighted by molar-refractivity contribution is 7.01. The van der Waals surface area contributed by atoms with Gasteiger partial charge in [-0.3, -0.25) is 9.47 Å². The van der Waals surface area contributed by atoms with Gasteiger partial charge in [-0.1, -0.05) is 165 Å². The smallest absolute Gasteiger partial charge is 0.255 e. The van der Waals surface area contributed by atoms with Gasteiger partial charge in [0.2, 0.25) is 0 Å². The average molecular weight is 856 g/mol. The van der Waals surface area contributed by atoms with Gasteiger partial charge in [0.05, 0.1) is 5.52 Å². The van der Waals surface area contributed by atoms with E-state index in [4.69, 9.17) is 0 Å². The van der Waals surface area contributed by atoms with Crippen LogP contribution in [0.1, 0.15) is 151 Å². The zero-order valence-electron chi connectivity index (χ0n) is 42.2. The molecule has 3 aliphatic rings. The third-order valence-corrected chi connectivity index (χ3v) is 15.2. The van der Waals surface area contributed by atoms with Gasteiger partial charge in [0.25, 0.3) is 6.71 Å². The van der Waals surface area contributed by atoms with Crippen molar-refractivity contribution in [3.63, 3.8) is 0 Å².